The first-order valence-corrected chi connectivity index (χ1v) is 13.1. The number of primary amides is 1. The molecule has 0 spiro atoms. The first kappa shape index (κ1) is 40.8. The molecule has 1 amide bonds. The highest BCUT2D eigenvalue weighted by Crippen LogP contribution is 2.47. The lowest BCUT2D eigenvalue weighted by Gasteiger charge is -2.44. The smallest absolute Gasteiger partial charge is 0.404 e. The molecule has 0 radical (unpaired) electrons. The lowest BCUT2D eigenvalue weighted by molar-refractivity contribution is -0.159. The van der Waals surface area contributed by atoms with Crippen LogP contribution in [-0.4, -0.2) is 86.9 Å². The van der Waals surface area contributed by atoms with Gasteiger partial charge >= 0.3 is 24.0 Å². The zero-order valence-corrected chi connectivity index (χ0v) is 25.3. The number of aliphatic imine (C=N–C) groups is 2. The number of isocyanates is 2. The molecule has 14 heteroatoms. The number of nitrogens with two attached hydrogens (primary N) is 1. The van der Waals surface area contributed by atoms with Gasteiger partial charge in [0, 0.05) is 18.2 Å². The van der Waals surface area contributed by atoms with E-state index < -0.39 is 36.0 Å². The van der Waals surface area contributed by atoms with E-state index in [9.17, 15) is 33.9 Å². The van der Waals surface area contributed by atoms with Gasteiger partial charge < -0.3 is 29.8 Å². The summed E-state index contributed by atoms with van der Waals surface area (Å²) in [5.74, 6) is -2.17. The number of carbonyl (C=O) groups is 4. The second kappa shape index (κ2) is 21.3. The van der Waals surface area contributed by atoms with Crippen molar-refractivity contribution in [1.82, 2.24) is 0 Å². The molecular formula is C29H43N3O11. The first-order chi connectivity index (χ1) is 20.1. The Kier molecular flexibility index (Phi) is 20.2. The van der Waals surface area contributed by atoms with Crippen LogP contribution in [0.4, 0.5) is 4.79 Å². The monoisotopic (exact) mass is 609 g/mol. The van der Waals surface area contributed by atoms with Crippen LogP contribution in [0.15, 0.2) is 47.9 Å². The Morgan fingerprint density at radius 3 is 1.67 bits per heavy atom. The molecule has 14 nitrogen and oxygen atoms in total. The fourth-order valence-electron chi connectivity index (χ4n) is 4.34. The molecule has 2 unspecified atom stereocenters. The van der Waals surface area contributed by atoms with E-state index in [1.807, 2.05) is 0 Å². The molecule has 3 N–H and O–H groups in total. The zero-order chi connectivity index (χ0) is 33.5. The summed E-state index contributed by atoms with van der Waals surface area (Å²) in [5, 5.41) is 9.48. The largest absolute Gasteiger partial charge is 0.462 e. The van der Waals surface area contributed by atoms with Gasteiger partial charge in [0.05, 0.1) is 31.2 Å². The van der Waals surface area contributed by atoms with Crippen LogP contribution >= 0.6 is 0 Å². The van der Waals surface area contributed by atoms with Crippen molar-refractivity contribution < 1.29 is 52.8 Å². The topological polar surface area (TPSA) is 210 Å². The van der Waals surface area contributed by atoms with E-state index in [0.717, 1.165) is 37.5 Å². The Hall–Kier alpha value is -4.38. The molecule has 1 rings (SSSR count). The standard InChI is InChI=1S/C14H18O7.C12H18N2O2.C3H7NO2/c1-4-11(16)19-8-14(7-15,9-20-12(17)5-2)10-21-13(18)6-3;1-11(2)4-10(14-9-16)5-12(3,6-11)7-13-8-15;1-2-6-3(4)5/h4-6,15H,1-3,7-10H2;10H,4-7H2,1-3H3;2H2,1H3,(H2,4,5). The van der Waals surface area contributed by atoms with Crippen molar-refractivity contribution in [3.05, 3.63) is 38.0 Å². The van der Waals surface area contributed by atoms with Gasteiger partial charge in [0.15, 0.2) is 0 Å². The van der Waals surface area contributed by atoms with Crippen LogP contribution in [0.25, 0.3) is 0 Å². The average molecular weight is 610 g/mol. The van der Waals surface area contributed by atoms with E-state index >= 15 is 0 Å². The van der Waals surface area contributed by atoms with Crippen LogP contribution in [-0.2, 0) is 42.9 Å². The molecule has 0 aromatic carbocycles. The lowest BCUT2D eigenvalue weighted by atomic mass is 9.63. The highest BCUT2D eigenvalue weighted by molar-refractivity contribution is 5.82. The predicted molar refractivity (Wildman–Crippen MR) is 155 cm³/mol. The Morgan fingerprint density at radius 2 is 1.37 bits per heavy atom. The van der Waals surface area contributed by atoms with Gasteiger partial charge in [-0.3, -0.25) is 0 Å². The molecule has 0 heterocycles. The third-order valence-electron chi connectivity index (χ3n) is 5.87. The lowest BCUT2D eigenvalue weighted by Crippen LogP contribution is -2.42. The molecule has 240 valence electrons. The van der Waals surface area contributed by atoms with Crippen LogP contribution in [0, 0.1) is 16.2 Å². The van der Waals surface area contributed by atoms with Crippen molar-refractivity contribution in [2.24, 2.45) is 32.0 Å². The summed E-state index contributed by atoms with van der Waals surface area (Å²) < 4.78 is 18.7. The second-order valence-corrected chi connectivity index (χ2v) is 10.7. The molecule has 1 aliphatic carbocycles. The van der Waals surface area contributed by atoms with E-state index in [0.29, 0.717) is 13.2 Å². The quantitative estimate of drug-likeness (QED) is 0.0960. The van der Waals surface area contributed by atoms with Crippen LogP contribution in [0.2, 0.25) is 0 Å². The van der Waals surface area contributed by atoms with E-state index in [2.05, 4.69) is 61.0 Å². The van der Waals surface area contributed by atoms with Crippen molar-refractivity contribution in [3.63, 3.8) is 0 Å². The third kappa shape index (κ3) is 19.4. The third-order valence-corrected chi connectivity index (χ3v) is 5.87. The van der Waals surface area contributed by atoms with Crippen molar-refractivity contribution >= 4 is 36.2 Å². The highest BCUT2D eigenvalue weighted by atomic mass is 16.6. The van der Waals surface area contributed by atoms with E-state index in [-0.39, 0.29) is 36.7 Å². The van der Waals surface area contributed by atoms with Gasteiger partial charge in [-0.15, -0.1) is 0 Å². The maximum Gasteiger partial charge on any atom is 0.404 e. The van der Waals surface area contributed by atoms with Crippen LogP contribution in [0.1, 0.15) is 47.0 Å². The summed E-state index contributed by atoms with van der Waals surface area (Å²) in [7, 11) is 0. The van der Waals surface area contributed by atoms with E-state index in [4.69, 9.17) is 14.2 Å². The molecule has 0 saturated heterocycles. The number of esters is 3. The van der Waals surface area contributed by atoms with Crippen molar-refractivity contribution in [2.45, 2.75) is 53.0 Å². The van der Waals surface area contributed by atoms with Gasteiger partial charge in [0.1, 0.15) is 19.8 Å². The minimum Gasteiger partial charge on any atom is -0.462 e. The Bertz CT molecular complexity index is 1000. The van der Waals surface area contributed by atoms with Crippen LogP contribution < -0.4 is 5.73 Å². The Labute approximate surface area is 251 Å². The number of ether oxygens (including phenoxy) is 4. The second-order valence-electron chi connectivity index (χ2n) is 10.7. The number of rotatable bonds is 14. The van der Waals surface area contributed by atoms with Gasteiger partial charge in [-0.1, -0.05) is 40.5 Å². The van der Waals surface area contributed by atoms with Gasteiger partial charge in [0.25, 0.3) is 0 Å². The summed E-state index contributed by atoms with van der Waals surface area (Å²) in [4.78, 5) is 70.9. The minimum absolute atomic E-state index is 0.00750. The number of carbonyl (C=O) groups excluding carboxylic acids is 6. The van der Waals surface area contributed by atoms with Crippen molar-refractivity contribution in [2.75, 3.05) is 39.6 Å². The summed E-state index contributed by atoms with van der Waals surface area (Å²) in [6.45, 7) is 17.1. The number of amides is 1. The van der Waals surface area contributed by atoms with Crippen LogP contribution in [0.5, 0.6) is 0 Å². The van der Waals surface area contributed by atoms with Gasteiger partial charge in [-0.2, -0.15) is 0 Å². The minimum atomic E-state index is -1.28. The molecule has 0 aliphatic heterocycles. The first-order valence-electron chi connectivity index (χ1n) is 13.1. The van der Waals surface area contributed by atoms with Crippen molar-refractivity contribution in [3.8, 4) is 0 Å². The Balaban J connectivity index is 0. The molecule has 1 aliphatic rings. The average Bonchev–Trinajstić information content (AvgIpc) is 2.95. The molecular weight excluding hydrogens is 566 g/mol. The summed E-state index contributed by atoms with van der Waals surface area (Å²) >= 11 is 0. The molecule has 1 fully saturated rings. The van der Waals surface area contributed by atoms with E-state index in [1.165, 1.54) is 0 Å². The molecule has 0 aromatic heterocycles. The van der Waals surface area contributed by atoms with Gasteiger partial charge in [0.2, 0.25) is 12.2 Å². The SMILES string of the molecule is C=CC(=O)OCC(CO)(COC(=O)C=C)COC(=O)C=C.CC1(C)CC(N=C=O)CC(C)(CN=C=O)C1.CCOC(N)=O. The molecule has 1 saturated carbocycles. The predicted octanol–water partition coefficient (Wildman–Crippen LogP) is 2.50. The fourth-order valence-corrected chi connectivity index (χ4v) is 4.34. The van der Waals surface area contributed by atoms with Crippen molar-refractivity contribution in [1.29, 1.82) is 0 Å². The fraction of sp³-hybridized carbons (Fsp3) is 0.586. The summed E-state index contributed by atoms with van der Waals surface area (Å²) in [6, 6.07) is 0.00750. The maximum absolute atomic E-state index is 11.1. The highest BCUT2D eigenvalue weighted by Gasteiger charge is 2.41. The number of aliphatic hydroxyl groups excluding tert-OH is 1. The number of aliphatic hydroxyl groups is 1. The summed E-state index contributed by atoms with van der Waals surface area (Å²) in [5.41, 5.74) is 3.32. The summed E-state index contributed by atoms with van der Waals surface area (Å²) in [6.07, 6.45) is 7.98. The van der Waals surface area contributed by atoms with Gasteiger partial charge in [-0.25, -0.2) is 38.8 Å². The molecule has 0 bridgehead atoms. The van der Waals surface area contributed by atoms with Crippen LogP contribution in [0.3, 0.4) is 0 Å². The normalized spacial score (nSPS) is 18.0. The number of hydrogen-bond acceptors (Lipinski definition) is 13. The Morgan fingerprint density at radius 1 is 0.907 bits per heavy atom. The van der Waals surface area contributed by atoms with Gasteiger partial charge in [-0.05, 0) is 37.0 Å². The molecule has 0 aromatic rings. The molecule has 2 atom stereocenters. The number of nitrogens with zero attached hydrogens (tertiary/aromatic N) is 2. The maximum atomic E-state index is 11.1. The number of hydrogen-bond donors (Lipinski definition) is 2. The van der Waals surface area contributed by atoms with E-state index in [1.54, 1.807) is 19.1 Å². The zero-order valence-electron chi connectivity index (χ0n) is 25.3. The molecule has 43 heavy (non-hydrogen) atoms.